The van der Waals surface area contributed by atoms with E-state index in [9.17, 15) is 9.59 Å². The number of rotatable bonds is 7. The average molecular weight is 427 g/mol. The van der Waals surface area contributed by atoms with E-state index in [1.807, 2.05) is 30.5 Å². The van der Waals surface area contributed by atoms with Crippen molar-refractivity contribution in [3.05, 3.63) is 46.2 Å². The fourth-order valence-corrected chi connectivity index (χ4v) is 4.40. The van der Waals surface area contributed by atoms with Crippen molar-refractivity contribution in [2.45, 2.75) is 32.1 Å². The third-order valence-corrected chi connectivity index (χ3v) is 6.16. The highest BCUT2D eigenvalue weighted by atomic mass is 32.1. The normalized spacial score (nSPS) is 14.2. The molecule has 3 rings (SSSR count). The Morgan fingerprint density at radius 3 is 2.83 bits per heavy atom. The molecule has 1 aliphatic heterocycles. The zero-order chi connectivity index (χ0) is 21.3. The predicted molar refractivity (Wildman–Crippen MR) is 115 cm³/mol. The Morgan fingerprint density at radius 1 is 1.37 bits per heavy atom. The van der Waals surface area contributed by atoms with E-state index in [2.05, 4.69) is 15.9 Å². The van der Waals surface area contributed by atoms with Gasteiger partial charge in [0.05, 0.1) is 5.01 Å². The van der Waals surface area contributed by atoms with Gasteiger partial charge in [-0.3, -0.25) is 9.78 Å². The lowest BCUT2D eigenvalue weighted by Crippen LogP contribution is -2.38. The molecule has 3 heterocycles. The van der Waals surface area contributed by atoms with Gasteiger partial charge in [0.2, 0.25) is 0 Å². The van der Waals surface area contributed by atoms with Crippen LogP contribution in [0.4, 0.5) is 4.79 Å². The smallest absolute Gasteiger partial charge is 0.410 e. The van der Waals surface area contributed by atoms with Crippen molar-refractivity contribution < 1.29 is 14.3 Å². The molecule has 158 valence electrons. The summed E-state index contributed by atoms with van der Waals surface area (Å²) in [6.45, 7) is 4.39. The number of hydrogen-bond donors (Lipinski definition) is 0. The van der Waals surface area contributed by atoms with Crippen LogP contribution in [0, 0.1) is 12.3 Å². The third-order valence-electron chi connectivity index (χ3n) is 5.16. The van der Waals surface area contributed by atoms with Gasteiger partial charge in [-0.05, 0) is 31.9 Å². The lowest BCUT2D eigenvalue weighted by molar-refractivity contribution is 0.0760. The number of nitrogens with zero attached hydrogens (tertiary/aromatic N) is 4. The first-order chi connectivity index (χ1) is 14.6. The van der Waals surface area contributed by atoms with E-state index >= 15 is 0 Å². The van der Waals surface area contributed by atoms with Gasteiger partial charge in [-0.2, -0.15) is 0 Å². The molecule has 0 spiro atoms. The largest absolute Gasteiger partial charge is 0.436 e. The van der Waals surface area contributed by atoms with Gasteiger partial charge in [-0.15, -0.1) is 17.8 Å². The van der Waals surface area contributed by atoms with Crippen LogP contribution in [0.3, 0.4) is 0 Å². The maximum atomic E-state index is 12.9. The molecule has 2 aromatic rings. The summed E-state index contributed by atoms with van der Waals surface area (Å²) in [5.74, 6) is 2.50. The second-order valence-corrected chi connectivity index (χ2v) is 7.94. The van der Waals surface area contributed by atoms with Gasteiger partial charge in [-0.25, -0.2) is 9.78 Å². The van der Waals surface area contributed by atoms with Gasteiger partial charge in [0, 0.05) is 55.8 Å². The van der Waals surface area contributed by atoms with Crippen LogP contribution in [-0.4, -0.2) is 64.6 Å². The number of terminal acetylenes is 1. The summed E-state index contributed by atoms with van der Waals surface area (Å²) in [5, 5.41) is 2.80. The summed E-state index contributed by atoms with van der Waals surface area (Å²) in [7, 11) is 0. The van der Waals surface area contributed by atoms with Crippen molar-refractivity contribution in [3.8, 4) is 12.3 Å². The molecule has 1 fully saturated rings. The predicted octanol–water partition coefficient (Wildman–Crippen LogP) is 3.19. The number of pyridine rings is 1. The molecule has 30 heavy (non-hydrogen) atoms. The molecule has 0 aliphatic carbocycles. The first-order valence-corrected chi connectivity index (χ1v) is 11.0. The SMILES string of the molecule is C#CCOC(=O)N1CCC(c2nc(C(=O)N(CC)CCc3ccccn3)cs2)CC1. The number of thiazole rings is 1. The second kappa shape index (κ2) is 10.7. The van der Waals surface area contributed by atoms with Crippen LogP contribution in [0.2, 0.25) is 0 Å². The standard InChI is InChI=1S/C22H26N4O3S/c1-3-15-29-22(28)26-12-8-17(9-13-26)20-24-19(16-30-20)21(27)25(4-2)14-10-18-7-5-6-11-23-18/h1,5-7,11,16-17H,4,8-10,12-15H2,2H3. The number of likely N-dealkylation sites (N-methyl/N-ethyl adjacent to an activating group) is 1. The summed E-state index contributed by atoms with van der Waals surface area (Å²) < 4.78 is 4.98. The zero-order valence-electron chi connectivity index (χ0n) is 17.1. The minimum atomic E-state index is -0.368. The van der Waals surface area contributed by atoms with E-state index < -0.39 is 0 Å². The highest BCUT2D eigenvalue weighted by Crippen LogP contribution is 2.30. The number of aromatic nitrogens is 2. The molecular formula is C22H26N4O3S. The Balaban J connectivity index is 1.54. The lowest BCUT2D eigenvalue weighted by atomic mass is 9.98. The van der Waals surface area contributed by atoms with Crippen molar-refractivity contribution in [1.29, 1.82) is 0 Å². The van der Waals surface area contributed by atoms with E-state index in [-0.39, 0.29) is 24.5 Å². The summed E-state index contributed by atoms with van der Waals surface area (Å²) in [4.78, 5) is 37.2. The quantitative estimate of drug-likeness (QED) is 0.636. The molecule has 0 radical (unpaired) electrons. The number of carbonyl (C=O) groups is 2. The van der Waals surface area contributed by atoms with Crippen LogP contribution in [0.5, 0.6) is 0 Å². The monoisotopic (exact) mass is 426 g/mol. The van der Waals surface area contributed by atoms with Gasteiger partial charge in [0.1, 0.15) is 5.69 Å². The van der Waals surface area contributed by atoms with E-state index in [4.69, 9.17) is 11.2 Å². The van der Waals surface area contributed by atoms with Gasteiger partial charge < -0.3 is 14.5 Å². The van der Waals surface area contributed by atoms with Gasteiger partial charge in [0.25, 0.3) is 5.91 Å². The van der Waals surface area contributed by atoms with Crippen LogP contribution >= 0.6 is 11.3 Å². The number of carbonyl (C=O) groups excluding carboxylic acids is 2. The summed E-state index contributed by atoms with van der Waals surface area (Å²) in [6, 6.07) is 5.80. The van der Waals surface area contributed by atoms with E-state index in [1.165, 1.54) is 11.3 Å². The molecule has 0 atom stereocenters. The van der Waals surface area contributed by atoms with Crippen molar-refractivity contribution in [2.24, 2.45) is 0 Å². The summed E-state index contributed by atoms with van der Waals surface area (Å²) in [6.07, 6.45) is 8.82. The molecule has 0 bridgehead atoms. The Hall–Kier alpha value is -2.92. The number of hydrogen-bond acceptors (Lipinski definition) is 6. The molecule has 0 N–H and O–H groups in total. The average Bonchev–Trinajstić information content (AvgIpc) is 3.29. The maximum Gasteiger partial charge on any atom is 0.410 e. The van der Waals surface area contributed by atoms with Crippen LogP contribution in [0.25, 0.3) is 0 Å². The molecular weight excluding hydrogens is 400 g/mol. The van der Waals surface area contributed by atoms with E-state index in [1.54, 1.807) is 16.0 Å². The molecule has 0 unspecified atom stereocenters. The van der Waals surface area contributed by atoms with E-state index in [0.29, 0.717) is 38.3 Å². The Kier molecular flexibility index (Phi) is 7.80. The maximum absolute atomic E-state index is 12.9. The molecule has 2 aromatic heterocycles. The molecule has 8 heteroatoms. The van der Waals surface area contributed by atoms with Gasteiger partial charge >= 0.3 is 6.09 Å². The fourth-order valence-electron chi connectivity index (χ4n) is 3.44. The Labute approximate surface area is 181 Å². The van der Waals surface area contributed by atoms with Crippen LogP contribution in [0.1, 0.15) is 46.9 Å². The zero-order valence-corrected chi connectivity index (χ0v) is 17.9. The molecule has 2 amide bonds. The summed E-state index contributed by atoms with van der Waals surface area (Å²) >= 11 is 1.52. The first kappa shape index (κ1) is 21.8. The summed E-state index contributed by atoms with van der Waals surface area (Å²) in [5.41, 5.74) is 1.46. The van der Waals surface area contributed by atoms with Gasteiger partial charge in [0.15, 0.2) is 6.61 Å². The van der Waals surface area contributed by atoms with Crippen LogP contribution < -0.4 is 0 Å². The molecule has 1 saturated heterocycles. The highest BCUT2D eigenvalue weighted by molar-refractivity contribution is 7.09. The molecule has 0 aromatic carbocycles. The number of likely N-dealkylation sites (tertiary alicyclic amines) is 1. The first-order valence-electron chi connectivity index (χ1n) is 10.1. The highest BCUT2D eigenvalue weighted by Gasteiger charge is 2.27. The van der Waals surface area contributed by atoms with Crippen LogP contribution in [0.15, 0.2) is 29.8 Å². The van der Waals surface area contributed by atoms with Gasteiger partial charge in [-0.1, -0.05) is 12.0 Å². The topological polar surface area (TPSA) is 75.6 Å². The molecule has 0 saturated carbocycles. The van der Waals surface area contributed by atoms with Crippen molar-refractivity contribution in [1.82, 2.24) is 19.8 Å². The second-order valence-electron chi connectivity index (χ2n) is 7.05. The van der Waals surface area contributed by atoms with Crippen LogP contribution in [-0.2, 0) is 11.2 Å². The molecule has 7 nitrogen and oxygen atoms in total. The third kappa shape index (κ3) is 5.57. The molecule has 1 aliphatic rings. The fraction of sp³-hybridized carbons (Fsp3) is 0.455. The number of ether oxygens (including phenoxy) is 1. The Morgan fingerprint density at radius 2 is 2.17 bits per heavy atom. The number of amides is 2. The van der Waals surface area contributed by atoms with Crippen molar-refractivity contribution >= 4 is 23.3 Å². The minimum absolute atomic E-state index is 0.00895. The minimum Gasteiger partial charge on any atom is -0.436 e. The van der Waals surface area contributed by atoms with Crippen molar-refractivity contribution in [3.63, 3.8) is 0 Å². The van der Waals surface area contributed by atoms with E-state index in [0.717, 1.165) is 23.5 Å². The lowest BCUT2D eigenvalue weighted by Gasteiger charge is -2.30. The van der Waals surface area contributed by atoms with Crippen molar-refractivity contribution in [2.75, 3.05) is 32.8 Å². The Bertz CT molecular complexity index is 885. The number of piperidine rings is 1.